The molecule has 2 N–H and O–H groups in total. The van der Waals surface area contributed by atoms with Crippen molar-refractivity contribution >= 4 is 40.6 Å². The Morgan fingerprint density at radius 2 is 1.79 bits per heavy atom. The number of halogens is 1. The molecule has 3 aromatic rings. The predicted molar refractivity (Wildman–Crippen MR) is 129 cm³/mol. The summed E-state index contributed by atoms with van der Waals surface area (Å²) in [7, 11) is 0. The first kappa shape index (κ1) is 22.6. The fourth-order valence-electron chi connectivity index (χ4n) is 3.88. The van der Waals surface area contributed by atoms with Crippen LogP contribution in [0.15, 0.2) is 66.7 Å². The number of amides is 1. The third-order valence-corrected chi connectivity index (χ3v) is 5.83. The van der Waals surface area contributed by atoms with Crippen molar-refractivity contribution in [2.24, 2.45) is 0 Å². The van der Waals surface area contributed by atoms with E-state index in [1.165, 1.54) is 0 Å². The van der Waals surface area contributed by atoms with Crippen LogP contribution in [0.1, 0.15) is 43.8 Å². The van der Waals surface area contributed by atoms with Gasteiger partial charge in [0, 0.05) is 22.7 Å². The molecule has 168 valence electrons. The monoisotopic (exact) mass is 462 g/mol. The molecule has 0 atom stereocenters. The second kappa shape index (κ2) is 9.48. The summed E-state index contributed by atoms with van der Waals surface area (Å²) in [5.74, 6) is -0.291. The van der Waals surface area contributed by atoms with Crippen molar-refractivity contribution in [1.29, 1.82) is 0 Å². The SMILES string of the molecule is Cc1ccccc1C(=O)OC1=CCCN(C(=O)c2ccc(NO)cc2C)c2ccc(Cl)cc21. The van der Waals surface area contributed by atoms with E-state index in [9.17, 15) is 9.59 Å². The predicted octanol–water partition coefficient (Wildman–Crippen LogP) is 6.01. The van der Waals surface area contributed by atoms with Crippen molar-refractivity contribution in [2.75, 3.05) is 16.9 Å². The lowest BCUT2D eigenvalue weighted by Gasteiger charge is -2.24. The number of esters is 1. The molecular formula is C26H23ClN2O4. The molecule has 0 unspecified atom stereocenters. The van der Waals surface area contributed by atoms with Gasteiger partial charge in [0.2, 0.25) is 0 Å². The third-order valence-electron chi connectivity index (χ3n) is 5.60. The number of anilines is 2. The Balaban J connectivity index is 1.70. The normalized spacial score (nSPS) is 13.0. The zero-order valence-corrected chi connectivity index (χ0v) is 19.0. The van der Waals surface area contributed by atoms with Crippen LogP contribution in [0.25, 0.3) is 5.76 Å². The van der Waals surface area contributed by atoms with Crippen LogP contribution in [0, 0.1) is 13.8 Å². The number of hydrogen-bond acceptors (Lipinski definition) is 5. The minimum Gasteiger partial charge on any atom is -0.423 e. The van der Waals surface area contributed by atoms with Crippen LogP contribution in [0.3, 0.4) is 0 Å². The van der Waals surface area contributed by atoms with E-state index in [1.807, 2.05) is 32.1 Å². The van der Waals surface area contributed by atoms with Crippen molar-refractivity contribution in [1.82, 2.24) is 0 Å². The first-order valence-corrected chi connectivity index (χ1v) is 10.9. The second-order valence-electron chi connectivity index (χ2n) is 7.82. The number of fused-ring (bicyclic) bond motifs is 1. The molecule has 4 rings (SSSR count). The Morgan fingerprint density at radius 3 is 2.52 bits per heavy atom. The topological polar surface area (TPSA) is 78.9 Å². The molecule has 0 spiro atoms. The summed E-state index contributed by atoms with van der Waals surface area (Å²) in [6.45, 7) is 4.06. The molecule has 0 radical (unpaired) electrons. The maximum absolute atomic E-state index is 13.5. The number of nitrogens with one attached hydrogen (secondary N) is 1. The molecule has 7 heteroatoms. The summed E-state index contributed by atoms with van der Waals surface area (Å²) < 4.78 is 5.80. The van der Waals surface area contributed by atoms with E-state index in [0.29, 0.717) is 51.8 Å². The van der Waals surface area contributed by atoms with Gasteiger partial charge in [-0.25, -0.2) is 4.79 Å². The summed E-state index contributed by atoms with van der Waals surface area (Å²) in [6.07, 6.45) is 2.30. The molecular weight excluding hydrogens is 440 g/mol. The highest BCUT2D eigenvalue weighted by atomic mass is 35.5. The van der Waals surface area contributed by atoms with Crippen LogP contribution in [-0.2, 0) is 4.74 Å². The van der Waals surface area contributed by atoms with E-state index >= 15 is 0 Å². The standard InChI is InChI=1S/C26H23ClN2O4/c1-16-6-3-4-7-21(16)26(31)33-24-8-5-13-29(23-12-9-18(27)15-22(23)24)25(30)20-11-10-19(28-32)14-17(20)2/h3-4,6-12,14-15,28,32H,5,13H2,1-2H3. The molecule has 0 fully saturated rings. The molecule has 0 bridgehead atoms. The van der Waals surface area contributed by atoms with Gasteiger partial charge in [-0.2, -0.15) is 0 Å². The lowest BCUT2D eigenvalue weighted by atomic mass is 10.0. The van der Waals surface area contributed by atoms with Gasteiger partial charge in [0.25, 0.3) is 5.91 Å². The highest BCUT2D eigenvalue weighted by molar-refractivity contribution is 6.31. The van der Waals surface area contributed by atoms with E-state index < -0.39 is 5.97 Å². The van der Waals surface area contributed by atoms with E-state index in [0.717, 1.165) is 11.1 Å². The van der Waals surface area contributed by atoms with E-state index in [2.05, 4.69) is 5.48 Å². The maximum Gasteiger partial charge on any atom is 0.343 e. The molecule has 1 heterocycles. The number of hydrogen-bond donors (Lipinski definition) is 2. The molecule has 1 aliphatic heterocycles. The van der Waals surface area contributed by atoms with Crippen molar-refractivity contribution in [3.63, 3.8) is 0 Å². The number of aryl methyl sites for hydroxylation is 2. The van der Waals surface area contributed by atoms with Crippen molar-refractivity contribution in [3.05, 3.63) is 99.6 Å². The number of rotatable bonds is 4. The second-order valence-corrected chi connectivity index (χ2v) is 8.26. The Labute approximate surface area is 197 Å². The van der Waals surface area contributed by atoms with Crippen molar-refractivity contribution in [2.45, 2.75) is 20.3 Å². The fraction of sp³-hybridized carbons (Fsp3) is 0.154. The van der Waals surface area contributed by atoms with E-state index in [4.69, 9.17) is 21.5 Å². The van der Waals surface area contributed by atoms with Gasteiger partial charge in [-0.3, -0.25) is 15.5 Å². The highest BCUT2D eigenvalue weighted by Crippen LogP contribution is 2.35. The molecule has 1 aliphatic rings. The molecule has 33 heavy (non-hydrogen) atoms. The van der Waals surface area contributed by atoms with Gasteiger partial charge < -0.3 is 9.64 Å². The van der Waals surface area contributed by atoms with Crippen molar-refractivity contribution < 1.29 is 19.5 Å². The highest BCUT2D eigenvalue weighted by Gasteiger charge is 2.27. The summed E-state index contributed by atoms with van der Waals surface area (Å²) in [4.78, 5) is 28.0. The number of carbonyl (C=O) groups excluding carboxylic acids is 2. The fourth-order valence-corrected chi connectivity index (χ4v) is 4.05. The van der Waals surface area contributed by atoms with Gasteiger partial charge in [0.15, 0.2) is 0 Å². The Morgan fingerprint density at radius 1 is 1.00 bits per heavy atom. The quantitative estimate of drug-likeness (QED) is 0.367. The lowest BCUT2D eigenvalue weighted by Crippen LogP contribution is -2.32. The van der Waals surface area contributed by atoms with Crippen LogP contribution >= 0.6 is 11.6 Å². The Kier molecular flexibility index (Phi) is 6.49. The summed E-state index contributed by atoms with van der Waals surface area (Å²) in [5.41, 5.74) is 6.29. The maximum atomic E-state index is 13.5. The average Bonchev–Trinajstić information content (AvgIpc) is 2.98. The van der Waals surface area contributed by atoms with Crippen LogP contribution in [0.2, 0.25) is 5.02 Å². The molecule has 1 amide bonds. The van der Waals surface area contributed by atoms with Gasteiger partial charge in [-0.1, -0.05) is 29.8 Å². The van der Waals surface area contributed by atoms with Gasteiger partial charge in [-0.05, 0) is 79.9 Å². The van der Waals surface area contributed by atoms with E-state index in [1.54, 1.807) is 53.4 Å². The number of ether oxygens (including phenoxy) is 1. The summed E-state index contributed by atoms with van der Waals surface area (Å²) in [5, 5.41) is 9.60. The Hall–Kier alpha value is -3.61. The van der Waals surface area contributed by atoms with Gasteiger partial charge >= 0.3 is 5.97 Å². The first-order valence-electron chi connectivity index (χ1n) is 10.5. The van der Waals surface area contributed by atoms with Gasteiger partial charge in [-0.15, -0.1) is 0 Å². The molecule has 0 aromatic heterocycles. The van der Waals surface area contributed by atoms with Crippen LogP contribution in [-0.4, -0.2) is 23.6 Å². The molecule has 0 saturated heterocycles. The lowest BCUT2D eigenvalue weighted by molar-refractivity contribution is 0.0691. The molecule has 3 aromatic carbocycles. The zero-order chi connectivity index (χ0) is 23.5. The number of carbonyl (C=O) groups is 2. The Bertz CT molecular complexity index is 1270. The third kappa shape index (κ3) is 4.62. The largest absolute Gasteiger partial charge is 0.423 e. The summed E-state index contributed by atoms with van der Waals surface area (Å²) in [6, 6.07) is 17.4. The first-order chi connectivity index (χ1) is 15.9. The van der Waals surface area contributed by atoms with Gasteiger partial charge in [0.05, 0.1) is 16.9 Å². The smallest absolute Gasteiger partial charge is 0.343 e. The summed E-state index contributed by atoms with van der Waals surface area (Å²) >= 11 is 6.28. The molecule has 0 saturated carbocycles. The van der Waals surface area contributed by atoms with Gasteiger partial charge in [0.1, 0.15) is 5.76 Å². The minimum atomic E-state index is -0.465. The van der Waals surface area contributed by atoms with Crippen LogP contribution in [0.5, 0.6) is 0 Å². The van der Waals surface area contributed by atoms with Crippen molar-refractivity contribution in [3.8, 4) is 0 Å². The average molecular weight is 463 g/mol. The van der Waals surface area contributed by atoms with Crippen LogP contribution in [0.4, 0.5) is 11.4 Å². The minimum absolute atomic E-state index is 0.194. The number of nitrogens with zero attached hydrogens (tertiary/aromatic N) is 1. The van der Waals surface area contributed by atoms with Crippen LogP contribution < -0.4 is 10.4 Å². The zero-order valence-electron chi connectivity index (χ0n) is 18.3. The molecule has 0 aliphatic carbocycles. The van der Waals surface area contributed by atoms with E-state index in [-0.39, 0.29) is 5.91 Å². The molecule has 6 nitrogen and oxygen atoms in total. The number of benzene rings is 3.